The lowest BCUT2D eigenvalue weighted by atomic mass is 10.1. The van der Waals surface area contributed by atoms with Crippen molar-refractivity contribution in [3.8, 4) is 16.2 Å². The monoisotopic (exact) mass is 255 g/mol. The van der Waals surface area contributed by atoms with Crippen LogP contribution in [0, 0.1) is 0 Å². The summed E-state index contributed by atoms with van der Waals surface area (Å²) < 4.78 is 5.24. The van der Waals surface area contributed by atoms with E-state index in [9.17, 15) is 0 Å². The lowest BCUT2D eigenvalue weighted by Crippen LogP contribution is -1.91. The fourth-order valence-corrected chi connectivity index (χ4v) is 2.34. The molecule has 0 aliphatic rings. The predicted molar refractivity (Wildman–Crippen MR) is 67.9 cm³/mol. The van der Waals surface area contributed by atoms with Crippen molar-refractivity contribution in [3.63, 3.8) is 0 Å². The van der Waals surface area contributed by atoms with E-state index in [1.54, 1.807) is 25.3 Å². The van der Waals surface area contributed by atoms with Gasteiger partial charge < -0.3 is 16.2 Å². The molecule has 0 unspecified atom stereocenters. The minimum absolute atomic E-state index is 0.392. The zero-order valence-corrected chi connectivity index (χ0v) is 10.1. The summed E-state index contributed by atoms with van der Waals surface area (Å²) in [6.45, 7) is 0. The first-order valence-electron chi connectivity index (χ1n) is 4.47. The number of rotatable bonds is 2. The van der Waals surface area contributed by atoms with Gasteiger partial charge in [-0.2, -0.15) is 0 Å². The van der Waals surface area contributed by atoms with Gasteiger partial charge in [0.25, 0.3) is 0 Å². The van der Waals surface area contributed by atoms with E-state index in [1.807, 2.05) is 0 Å². The lowest BCUT2D eigenvalue weighted by molar-refractivity contribution is 0.416. The average molecular weight is 256 g/mol. The summed E-state index contributed by atoms with van der Waals surface area (Å²) in [6.07, 6.45) is 0. The molecule has 4 nitrogen and oxygen atoms in total. The summed E-state index contributed by atoms with van der Waals surface area (Å²) in [7, 11) is 1.59. The van der Waals surface area contributed by atoms with E-state index in [1.165, 1.54) is 11.3 Å². The van der Waals surface area contributed by atoms with Gasteiger partial charge in [-0.1, -0.05) is 22.9 Å². The summed E-state index contributed by atoms with van der Waals surface area (Å²) in [6, 6.07) is 5.32. The van der Waals surface area contributed by atoms with E-state index in [0.717, 1.165) is 10.4 Å². The average Bonchev–Trinajstić information content (AvgIpc) is 2.57. The Hall–Kier alpha value is -1.46. The number of hydrogen-bond donors (Lipinski definition) is 2. The fourth-order valence-electron chi connectivity index (χ4n) is 1.40. The van der Waals surface area contributed by atoms with Crippen LogP contribution in [-0.2, 0) is 0 Å². The van der Waals surface area contributed by atoms with Gasteiger partial charge in [-0.15, -0.1) is 0 Å². The topological polar surface area (TPSA) is 74.2 Å². The highest BCUT2D eigenvalue weighted by Crippen LogP contribution is 2.40. The van der Waals surface area contributed by atoms with Gasteiger partial charge >= 0.3 is 0 Å². The molecule has 84 valence electrons. The fraction of sp³-hybridized carbons (Fsp3) is 0.100. The number of methoxy groups -OCH3 is 1. The molecule has 0 amide bonds. The van der Waals surface area contributed by atoms with Crippen molar-refractivity contribution in [1.82, 2.24) is 4.98 Å². The predicted octanol–water partition coefficient (Wildman–Crippen LogP) is 2.64. The number of benzene rings is 1. The van der Waals surface area contributed by atoms with Crippen LogP contribution in [0.4, 0.5) is 10.9 Å². The molecule has 0 radical (unpaired) electrons. The van der Waals surface area contributed by atoms with E-state index in [-0.39, 0.29) is 0 Å². The summed E-state index contributed by atoms with van der Waals surface area (Å²) in [5.74, 6) is 1.09. The van der Waals surface area contributed by atoms with E-state index in [2.05, 4.69) is 4.98 Å². The molecule has 4 N–H and O–H groups in total. The number of nitrogens with zero attached hydrogens (tertiary/aromatic N) is 1. The zero-order valence-electron chi connectivity index (χ0n) is 8.53. The van der Waals surface area contributed by atoms with Crippen molar-refractivity contribution in [2.75, 3.05) is 18.6 Å². The zero-order chi connectivity index (χ0) is 11.7. The highest BCUT2D eigenvalue weighted by atomic mass is 35.5. The Morgan fingerprint density at radius 2 is 2.12 bits per heavy atom. The highest BCUT2D eigenvalue weighted by molar-refractivity contribution is 7.19. The molecule has 1 heterocycles. The number of aromatic nitrogens is 1. The standard InChI is InChI=1S/C10H10ClN3OS/c1-15-7-3-2-5(11)4-6(7)8-9(12)14-10(13)16-8/h2-4H,12H2,1H3,(H2,13,14). The van der Waals surface area contributed by atoms with Crippen LogP contribution in [0.25, 0.3) is 10.4 Å². The Bertz CT molecular complexity index is 527. The van der Waals surface area contributed by atoms with Crippen molar-refractivity contribution in [2.45, 2.75) is 0 Å². The number of ether oxygens (including phenoxy) is 1. The molecule has 2 rings (SSSR count). The number of thiazole rings is 1. The molecular formula is C10H10ClN3OS. The Morgan fingerprint density at radius 1 is 1.38 bits per heavy atom. The molecule has 6 heteroatoms. The first-order valence-corrected chi connectivity index (χ1v) is 5.67. The third-order valence-electron chi connectivity index (χ3n) is 2.08. The Kier molecular flexibility index (Phi) is 2.89. The minimum atomic E-state index is 0.392. The van der Waals surface area contributed by atoms with Gasteiger partial charge in [0.05, 0.1) is 12.0 Å². The van der Waals surface area contributed by atoms with Gasteiger partial charge in [-0.05, 0) is 18.2 Å². The number of nitrogens with two attached hydrogens (primary N) is 2. The minimum Gasteiger partial charge on any atom is -0.496 e. The Morgan fingerprint density at radius 3 is 2.69 bits per heavy atom. The lowest BCUT2D eigenvalue weighted by Gasteiger charge is -2.07. The SMILES string of the molecule is COc1ccc(Cl)cc1-c1sc(N)nc1N. The summed E-state index contributed by atoms with van der Waals surface area (Å²) in [5.41, 5.74) is 12.2. The van der Waals surface area contributed by atoms with E-state index in [4.69, 9.17) is 27.8 Å². The van der Waals surface area contributed by atoms with Crippen molar-refractivity contribution in [1.29, 1.82) is 0 Å². The smallest absolute Gasteiger partial charge is 0.182 e. The molecule has 0 fully saturated rings. The first kappa shape index (κ1) is 11.0. The molecule has 16 heavy (non-hydrogen) atoms. The molecule has 0 spiro atoms. The molecule has 0 atom stereocenters. The third kappa shape index (κ3) is 1.91. The normalized spacial score (nSPS) is 10.4. The van der Waals surface area contributed by atoms with Crippen LogP contribution in [0.2, 0.25) is 5.02 Å². The molecule has 1 aromatic heterocycles. The van der Waals surface area contributed by atoms with Crippen LogP contribution in [-0.4, -0.2) is 12.1 Å². The third-order valence-corrected chi connectivity index (χ3v) is 3.24. The maximum atomic E-state index is 5.94. The van der Waals surface area contributed by atoms with Crippen LogP contribution >= 0.6 is 22.9 Å². The van der Waals surface area contributed by atoms with Gasteiger partial charge in [-0.25, -0.2) is 4.98 Å². The van der Waals surface area contributed by atoms with Crippen molar-refractivity contribution in [2.24, 2.45) is 0 Å². The molecule has 0 aliphatic carbocycles. The van der Waals surface area contributed by atoms with Crippen LogP contribution in [0.1, 0.15) is 0 Å². The Labute approximate surface area is 102 Å². The van der Waals surface area contributed by atoms with Gasteiger partial charge in [0.2, 0.25) is 0 Å². The maximum absolute atomic E-state index is 5.94. The maximum Gasteiger partial charge on any atom is 0.182 e. The summed E-state index contributed by atoms with van der Waals surface area (Å²) >= 11 is 7.25. The molecule has 0 bridgehead atoms. The molecule has 0 saturated carbocycles. The molecule has 0 aliphatic heterocycles. The van der Waals surface area contributed by atoms with Crippen molar-refractivity contribution >= 4 is 33.9 Å². The van der Waals surface area contributed by atoms with Crippen molar-refractivity contribution in [3.05, 3.63) is 23.2 Å². The van der Waals surface area contributed by atoms with Gasteiger partial charge in [0.1, 0.15) is 11.6 Å². The second-order valence-electron chi connectivity index (χ2n) is 3.11. The Balaban J connectivity index is 2.62. The number of halogens is 1. The van der Waals surface area contributed by atoms with E-state index < -0.39 is 0 Å². The van der Waals surface area contributed by atoms with Crippen LogP contribution in [0.5, 0.6) is 5.75 Å². The number of nitrogen functional groups attached to an aromatic ring is 2. The van der Waals surface area contributed by atoms with Crippen LogP contribution in [0.3, 0.4) is 0 Å². The van der Waals surface area contributed by atoms with E-state index >= 15 is 0 Å². The molecular weight excluding hydrogens is 246 g/mol. The van der Waals surface area contributed by atoms with Gasteiger partial charge in [0.15, 0.2) is 5.13 Å². The van der Waals surface area contributed by atoms with Crippen molar-refractivity contribution < 1.29 is 4.74 Å². The van der Waals surface area contributed by atoms with E-state index in [0.29, 0.717) is 21.7 Å². The summed E-state index contributed by atoms with van der Waals surface area (Å²) in [4.78, 5) is 4.74. The number of hydrogen-bond acceptors (Lipinski definition) is 5. The largest absolute Gasteiger partial charge is 0.496 e. The van der Waals surface area contributed by atoms with Crippen LogP contribution < -0.4 is 16.2 Å². The molecule has 2 aromatic rings. The summed E-state index contributed by atoms with van der Waals surface area (Å²) in [5, 5.41) is 1.04. The highest BCUT2D eigenvalue weighted by Gasteiger charge is 2.13. The number of anilines is 2. The quantitative estimate of drug-likeness (QED) is 0.865. The first-order chi connectivity index (χ1) is 7.61. The van der Waals surface area contributed by atoms with Gasteiger partial charge in [-0.3, -0.25) is 0 Å². The van der Waals surface area contributed by atoms with Crippen LogP contribution in [0.15, 0.2) is 18.2 Å². The van der Waals surface area contributed by atoms with Gasteiger partial charge in [0, 0.05) is 10.6 Å². The molecule has 0 saturated heterocycles. The second-order valence-corrected chi connectivity index (χ2v) is 4.58. The second kappa shape index (κ2) is 4.19. The molecule has 1 aromatic carbocycles.